The van der Waals surface area contributed by atoms with Gasteiger partial charge in [0.2, 0.25) is 11.8 Å². The molecular formula is C28H38N2O2. The molecule has 2 amide bonds. The highest BCUT2D eigenvalue weighted by Gasteiger charge is 2.59. The zero-order valence-electron chi connectivity index (χ0n) is 20.1. The summed E-state index contributed by atoms with van der Waals surface area (Å²) in [6.45, 7) is 6.58. The average molecular weight is 435 g/mol. The highest BCUT2D eigenvalue weighted by Crippen LogP contribution is 2.66. The van der Waals surface area contributed by atoms with E-state index in [1.54, 1.807) is 12.5 Å². The first-order valence-corrected chi connectivity index (χ1v) is 12.6. The molecule has 4 heteroatoms. The van der Waals surface area contributed by atoms with Crippen LogP contribution >= 0.6 is 0 Å². The van der Waals surface area contributed by atoms with E-state index in [-0.39, 0.29) is 5.91 Å². The number of likely N-dealkylation sites (tertiary alicyclic amines) is 1. The minimum atomic E-state index is -0.0315. The van der Waals surface area contributed by atoms with Crippen molar-refractivity contribution in [2.75, 3.05) is 12.4 Å². The van der Waals surface area contributed by atoms with Crippen molar-refractivity contribution in [1.29, 1.82) is 0 Å². The van der Waals surface area contributed by atoms with Crippen LogP contribution in [0.2, 0.25) is 0 Å². The zero-order chi connectivity index (χ0) is 22.7. The Labute approximate surface area is 192 Å². The van der Waals surface area contributed by atoms with E-state index in [1.807, 2.05) is 19.2 Å². The van der Waals surface area contributed by atoms with E-state index in [0.29, 0.717) is 22.8 Å². The van der Waals surface area contributed by atoms with Gasteiger partial charge in [-0.05, 0) is 91.2 Å². The van der Waals surface area contributed by atoms with Gasteiger partial charge in [-0.2, -0.15) is 0 Å². The van der Waals surface area contributed by atoms with E-state index in [1.165, 1.54) is 44.1 Å². The summed E-state index contributed by atoms with van der Waals surface area (Å²) in [5, 5.41) is 2.86. The number of anilines is 1. The third kappa shape index (κ3) is 3.33. The second-order valence-corrected chi connectivity index (χ2v) is 11.4. The number of fused-ring (bicyclic) bond motifs is 5. The third-order valence-electron chi connectivity index (χ3n) is 9.98. The Balaban J connectivity index is 1.38. The molecule has 1 saturated heterocycles. The van der Waals surface area contributed by atoms with Crippen molar-refractivity contribution in [3.63, 3.8) is 0 Å². The van der Waals surface area contributed by atoms with Crippen LogP contribution in [0, 0.1) is 28.6 Å². The molecule has 0 bridgehead atoms. The highest BCUT2D eigenvalue weighted by molar-refractivity contribution is 5.88. The molecule has 4 nitrogen and oxygen atoms in total. The number of carbonyl (C=O) groups excluding carboxylic acids is 2. The second-order valence-electron chi connectivity index (χ2n) is 11.4. The molecule has 6 atom stereocenters. The molecule has 1 heterocycles. The van der Waals surface area contributed by atoms with Crippen LogP contribution in [0.5, 0.6) is 0 Å². The molecule has 1 aromatic carbocycles. The third-order valence-corrected chi connectivity index (χ3v) is 9.98. The summed E-state index contributed by atoms with van der Waals surface area (Å²) in [5.41, 5.74) is 4.31. The minimum absolute atomic E-state index is 0.0315. The summed E-state index contributed by atoms with van der Waals surface area (Å²) in [7, 11) is 2.05. The Morgan fingerprint density at radius 2 is 1.78 bits per heavy atom. The van der Waals surface area contributed by atoms with Crippen molar-refractivity contribution in [3.05, 3.63) is 35.4 Å². The van der Waals surface area contributed by atoms with Gasteiger partial charge >= 0.3 is 0 Å². The predicted molar refractivity (Wildman–Crippen MR) is 129 cm³/mol. The molecule has 3 aliphatic carbocycles. The summed E-state index contributed by atoms with van der Waals surface area (Å²) in [5.74, 6) is 2.64. The zero-order valence-corrected chi connectivity index (χ0v) is 20.1. The van der Waals surface area contributed by atoms with E-state index < -0.39 is 0 Å². The first-order chi connectivity index (χ1) is 15.2. The molecule has 5 rings (SSSR count). The number of amides is 2. The molecule has 4 fully saturated rings. The lowest BCUT2D eigenvalue weighted by molar-refractivity contribution is -0.156. The fourth-order valence-corrected chi connectivity index (χ4v) is 8.30. The maximum Gasteiger partial charge on any atom is 0.222 e. The monoisotopic (exact) mass is 434 g/mol. The normalized spacial score (nSPS) is 39.9. The van der Waals surface area contributed by atoms with Gasteiger partial charge in [0.1, 0.15) is 0 Å². The van der Waals surface area contributed by atoms with Gasteiger partial charge in [0, 0.05) is 32.1 Å². The Kier molecular flexibility index (Phi) is 5.26. The number of allylic oxidation sites excluding steroid dienone is 1. The van der Waals surface area contributed by atoms with Crippen molar-refractivity contribution in [1.82, 2.24) is 4.90 Å². The molecule has 0 aromatic heterocycles. The maximum absolute atomic E-state index is 12.4. The molecule has 0 spiro atoms. The first kappa shape index (κ1) is 21.7. The number of piperidine rings is 1. The van der Waals surface area contributed by atoms with Crippen LogP contribution in [-0.2, 0) is 9.59 Å². The van der Waals surface area contributed by atoms with Crippen LogP contribution in [0.4, 0.5) is 5.69 Å². The van der Waals surface area contributed by atoms with E-state index in [4.69, 9.17) is 0 Å². The van der Waals surface area contributed by atoms with Crippen LogP contribution in [0.1, 0.15) is 77.7 Å². The molecule has 0 unspecified atom stereocenters. The lowest BCUT2D eigenvalue weighted by atomic mass is 9.47. The summed E-state index contributed by atoms with van der Waals surface area (Å²) in [6.07, 6.45) is 11.8. The van der Waals surface area contributed by atoms with Gasteiger partial charge < -0.3 is 10.2 Å². The lowest BCUT2D eigenvalue weighted by Crippen LogP contribution is -2.61. The molecular weight excluding hydrogens is 396 g/mol. The Hall–Kier alpha value is -2.10. The molecule has 32 heavy (non-hydrogen) atoms. The van der Waals surface area contributed by atoms with Gasteiger partial charge in [-0.25, -0.2) is 0 Å². The SMILES string of the molecule is CC(=O)Nc1ccc(C=C2CC[C@H]3[C@@H]4CC[C@H]5N(C)C(=O)CC[C@]5(C)[C@H]4CC[C@]23C)cc1. The smallest absolute Gasteiger partial charge is 0.222 e. The minimum Gasteiger partial charge on any atom is -0.342 e. The van der Waals surface area contributed by atoms with E-state index in [0.717, 1.165) is 36.3 Å². The molecule has 4 aliphatic rings. The Morgan fingerprint density at radius 1 is 1.03 bits per heavy atom. The number of hydrogen-bond donors (Lipinski definition) is 1. The average Bonchev–Trinajstić information content (AvgIpc) is 3.08. The Morgan fingerprint density at radius 3 is 2.50 bits per heavy atom. The molecule has 1 aliphatic heterocycles. The second kappa shape index (κ2) is 7.74. The van der Waals surface area contributed by atoms with Gasteiger partial charge in [0.25, 0.3) is 0 Å². The number of carbonyl (C=O) groups is 2. The van der Waals surface area contributed by atoms with Crippen LogP contribution < -0.4 is 5.32 Å². The van der Waals surface area contributed by atoms with Gasteiger partial charge in [0.15, 0.2) is 0 Å². The summed E-state index contributed by atoms with van der Waals surface area (Å²) < 4.78 is 0. The van der Waals surface area contributed by atoms with Crippen molar-refractivity contribution in [3.8, 4) is 0 Å². The van der Waals surface area contributed by atoms with Crippen molar-refractivity contribution in [2.45, 2.75) is 78.2 Å². The summed E-state index contributed by atoms with van der Waals surface area (Å²) >= 11 is 0. The largest absolute Gasteiger partial charge is 0.342 e. The lowest BCUT2D eigenvalue weighted by Gasteiger charge is -2.61. The topological polar surface area (TPSA) is 49.4 Å². The quantitative estimate of drug-likeness (QED) is 0.631. The standard InChI is InChI=1S/C28H38N2O2/c1-18(31)29-21-8-5-19(6-9-21)17-20-7-11-23-22-10-12-25-28(3,16-14-26(32)30(25)4)24(22)13-15-27(20,23)2/h5-6,8-9,17,22-25H,7,10-16H2,1-4H3,(H,29,31)/t22-,23-,24-,25+,27+,28+/m0/s1. The molecule has 1 aromatic rings. The predicted octanol–water partition coefficient (Wildman–Crippen LogP) is 5.89. The Bertz CT molecular complexity index is 951. The number of nitrogens with zero attached hydrogens (tertiary/aromatic N) is 1. The van der Waals surface area contributed by atoms with Crippen molar-refractivity contribution in [2.24, 2.45) is 28.6 Å². The van der Waals surface area contributed by atoms with E-state index in [2.05, 4.69) is 42.3 Å². The molecule has 1 N–H and O–H groups in total. The van der Waals surface area contributed by atoms with E-state index in [9.17, 15) is 9.59 Å². The first-order valence-electron chi connectivity index (χ1n) is 12.6. The number of benzene rings is 1. The van der Waals surface area contributed by atoms with Crippen LogP contribution in [0.25, 0.3) is 6.08 Å². The number of hydrogen-bond acceptors (Lipinski definition) is 2. The van der Waals surface area contributed by atoms with Crippen LogP contribution in [0.15, 0.2) is 29.8 Å². The fraction of sp³-hybridized carbons (Fsp3) is 0.643. The van der Waals surface area contributed by atoms with Crippen LogP contribution in [0.3, 0.4) is 0 Å². The fourth-order valence-electron chi connectivity index (χ4n) is 8.30. The van der Waals surface area contributed by atoms with Gasteiger partial charge in [-0.3, -0.25) is 9.59 Å². The van der Waals surface area contributed by atoms with Crippen molar-refractivity contribution < 1.29 is 9.59 Å². The van der Waals surface area contributed by atoms with Crippen LogP contribution in [-0.4, -0.2) is 29.8 Å². The molecule has 0 radical (unpaired) electrons. The van der Waals surface area contributed by atoms with Gasteiger partial charge in [0.05, 0.1) is 0 Å². The number of nitrogens with one attached hydrogen (secondary N) is 1. The number of rotatable bonds is 2. The van der Waals surface area contributed by atoms with E-state index >= 15 is 0 Å². The molecule has 3 saturated carbocycles. The highest BCUT2D eigenvalue weighted by atomic mass is 16.2. The maximum atomic E-state index is 12.4. The molecule has 172 valence electrons. The summed E-state index contributed by atoms with van der Waals surface area (Å²) in [6, 6.07) is 8.70. The van der Waals surface area contributed by atoms with Gasteiger partial charge in [-0.1, -0.05) is 37.6 Å². The van der Waals surface area contributed by atoms with Gasteiger partial charge in [-0.15, -0.1) is 0 Å². The van der Waals surface area contributed by atoms with Crippen molar-refractivity contribution >= 4 is 23.6 Å². The summed E-state index contributed by atoms with van der Waals surface area (Å²) in [4.78, 5) is 25.8.